The maximum Gasteiger partial charge on any atom is 0.263 e. The second kappa shape index (κ2) is 8.35. The lowest BCUT2D eigenvalue weighted by Crippen LogP contribution is -2.37. The summed E-state index contributed by atoms with van der Waals surface area (Å²) in [4.78, 5) is 18.4. The van der Waals surface area contributed by atoms with Crippen LogP contribution in [0.25, 0.3) is 11.4 Å². The number of ether oxygens (including phenoxy) is 2. The van der Waals surface area contributed by atoms with E-state index >= 15 is 0 Å². The highest BCUT2D eigenvalue weighted by Crippen LogP contribution is 2.21. The topological polar surface area (TPSA) is 77.7 Å². The zero-order chi connectivity index (χ0) is 19.2. The molecule has 2 aromatic carbocycles. The Morgan fingerprint density at radius 3 is 2.63 bits per heavy atom. The number of para-hydroxylation sites is 1. The van der Waals surface area contributed by atoms with Crippen molar-refractivity contribution in [3.63, 3.8) is 0 Å². The van der Waals surface area contributed by atoms with Crippen LogP contribution in [0.5, 0.6) is 11.5 Å². The number of carbonyl (C=O) groups is 1. The van der Waals surface area contributed by atoms with Crippen molar-refractivity contribution in [3.05, 3.63) is 60.5 Å². The summed E-state index contributed by atoms with van der Waals surface area (Å²) in [5.41, 5.74) is 0.777. The second-order valence-corrected chi connectivity index (χ2v) is 6.01. The van der Waals surface area contributed by atoms with Gasteiger partial charge < -0.3 is 18.9 Å². The first-order chi connectivity index (χ1) is 13.1. The molecule has 7 heteroatoms. The Hall–Kier alpha value is -3.35. The van der Waals surface area contributed by atoms with Crippen LogP contribution in [0.2, 0.25) is 0 Å². The summed E-state index contributed by atoms with van der Waals surface area (Å²) < 4.78 is 16.1. The zero-order valence-corrected chi connectivity index (χ0v) is 15.5. The van der Waals surface area contributed by atoms with Crippen LogP contribution in [0.4, 0.5) is 0 Å². The maximum atomic E-state index is 12.5. The minimum Gasteiger partial charge on any atom is -0.497 e. The summed E-state index contributed by atoms with van der Waals surface area (Å²) >= 11 is 0. The van der Waals surface area contributed by atoms with Crippen LogP contribution in [0, 0.1) is 0 Å². The molecule has 0 fully saturated rings. The number of nitrogens with zero attached hydrogens (tertiary/aromatic N) is 3. The van der Waals surface area contributed by atoms with Crippen molar-refractivity contribution in [2.45, 2.75) is 19.6 Å². The molecule has 140 valence electrons. The Morgan fingerprint density at radius 1 is 1.15 bits per heavy atom. The monoisotopic (exact) mass is 367 g/mol. The molecule has 27 heavy (non-hydrogen) atoms. The van der Waals surface area contributed by atoms with Crippen LogP contribution in [0.3, 0.4) is 0 Å². The quantitative estimate of drug-likeness (QED) is 0.638. The zero-order valence-electron chi connectivity index (χ0n) is 15.5. The molecule has 0 aliphatic rings. The van der Waals surface area contributed by atoms with Crippen LogP contribution >= 0.6 is 0 Å². The summed E-state index contributed by atoms with van der Waals surface area (Å²) in [6.45, 7) is 1.90. The number of rotatable bonds is 7. The van der Waals surface area contributed by atoms with Gasteiger partial charge in [-0.3, -0.25) is 4.79 Å². The number of amides is 1. The van der Waals surface area contributed by atoms with E-state index in [-0.39, 0.29) is 12.5 Å². The van der Waals surface area contributed by atoms with Crippen molar-refractivity contribution in [3.8, 4) is 22.9 Å². The van der Waals surface area contributed by atoms with Gasteiger partial charge in [0, 0.05) is 12.6 Å². The van der Waals surface area contributed by atoms with Gasteiger partial charge in [0.15, 0.2) is 6.10 Å². The van der Waals surface area contributed by atoms with E-state index in [0.717, 1.165) is 5.56 Å². The highest BCUT2D eigenvalue weighted by Gasteiger charge is 2.21. The lowest BCUT2D eigenvalue weighted by molar-refractivity contribution is -0.137. The standard InChI is InChI=1S/C20H21N3O4/c1-14(26-16-9-5-4-6-10-16)20(24)23(2)13-18-21-19(22-27-18)15-8-7-11-17(12-15)25-3/h4-12,14H,13H2,1-3H3/t14-/m1/s1. The fourth-order valence-electron chi connectivity index (χ4n) is 2.54. The number of aromatic nitrogens is 2. The first-order valence-electron chi connectivity index (χ1n) is 8.50. The van der Waals surface area contributed by atoms with Gasteiger partial charge in [-0.2, -0.15) is 4.98 Å². The summed E-state index contributed by atoms with van der Waals surface area (Å²) in [5.74, 6) is 1.96. The van der Waals surface area contributed by atoms with E-state index in [0.29, 0.717) is 23.2 Å². The van der Waals surface area contributed by atoms with E-state index < -0.39 is 6.10 Å². The van der Waals surface area contributed by atoms with Gasteiger partial charge in [0.1, 0.15) is 11.5 Å². The van der Waals surface area contributed by atoms with E-state index in [1.807, 2.05) is 54.6 Å². The predicted octanol–water partition coefficient (Wildman–Crippen LogP) is 3.17. The summed E-state index contributed by atoms with van der Waals surface area (Å²) in [6.07, 6.45) is -0.627. The molecular weight excluding hydrogens is 346 g/mol. The van der Waals surface area contributed by atoms with Crippen LogP contribution in [-0.2, 0) is 11.3 Å². The molecule has 0 radical (unpaired) electrons. The van der Waals surface area contributed by atoms with Crippen molar-refractivity contribution in [1.29, 1.82) is 0 Å². The molecule has 1 heterocycles. The highest BCUT2D eigenvalue weighted by atomic mass is 16.5. The SMILES string of the molecule is COc1cccc(-c2noc(CN(C)C(=O)[C@@H](C)Oc3ccccc3)n2)c1. The molecule has 0 spiro atoms. The van der Waals surface area contributed by atoms with E-state index in [1.165, 1.54) is 4.90 Å². The molecule has 0 unspecified atom stereocenters. The van der Waals surface area contributed by atoms with Crippen LogP contribution < -0.4 is 9.47 Å². The number of carbonyl (C=O) groups excluding carboxylic acids is 1. The molecule has 0 bridgehead atoms. The average molecular weight is 367 g/mol. The number of hydrogen-bond acceptors (Lipinski definition) is 6. The largest absolute Gasteiger partial charge is 0.497 e. The van der Waals surface area contributed by atoms with Crippen molar-refractivity contribution in [2.24, 2.45) is 0 Å². The molecule has 3 rings (SSSR count). The van der Waals surface area contributed by atoms with Gasteiger partial charge in [0.25, 0.3) is 5.91 Å². The van der Waals surface area contributed by atoms with Gasteiger partial charge >= 0.3 is 0 Å². The lowest BCUT2D eigenvalue weighted by Gasteiger charge is -2.20. The lowest BCUT2D eigenvalue weighted by atomic mass is 10.2. The molecule has 3 aromatic rings. The van der Waals surface area contributed by atoms with E-state index in [2.05, 4.69) is 10.1 Å². The van der Waals surface area contributed by atoms with Gasteiger partial charge in [-0.25, -0.2) is 0 Å². The summed E-state index contributed by atoms with van der Waals surface area (Å²) in [5, 5.41) is 3.98. The molecule has 0 saturated heterocycles. The van der Waals surface area contributed by atoms with Crippen LogP contribution in [0.1, 0.15) is 12.8 Å². The Kier molecular flexibility index (Phi) is 5.71. The molecule has 1 aromatic heterocycles. The van der Waals surface area contributed by atoms with Gasteiger partial charge in [0.2, 0.25) is 11.7 Å². The fraction of sp³-hybridized carbons (Fsp3) is 0.250. The van der Waals surface area contributed by atoms with E-state index in [4.69, 9.17) is 14.0 Å². The molecule has 7 nitrogen and oxygen atoms in total. The number of methoxy groups -OCH3 is 1. The van der Waals surface area contributed by atoms with Crippen molar-refractivity contribution < 1.29 is 18.8 Å². The van der Waals surface area contributed by atoms with E-state index in [1.54, 1.807) is 21.1 Å². The van der Waals surface area contributed by atoms with Gasteiger partial charge in [0.05, 0.1) is 13.7 Å². The molecular formula is C20H21N3O4. The van der Waals surface area contributed by atoms with Crippen LogP contribution in [-0.4, -0.2) is 41.2 Å². The van der Waals surface area contributed by atoms with Crippen molar-refractivity contribution >= 4 is 5.91 Å². The summed E-state index contributed by atoms with van der Waals surface area (Å²) in [7, 11) is 3.27. The Bertz CT molecular complexity index is 895. The molecule has 1 amide bonds. The van der Waals surface area contributed by atoms with Crippen molar-refractivity contribution in [2.75, 3.05) is 14.2 Å². The summed E-state index contributed by atoms with van der Waals surface area (Å²) in [6, 6.07) is 16.6. The molecule has 0 N–H and O–H groups in total. The van der Waals surface area contributed by atoms with Gasteiger partial charge in [-0.1, -0.05) is 35.5 Å². The number of likely N-dealkylation sites (N-methyl/N-ethyl adjacent to an activating group) is 1. The van der Waals surface area contributed by atoms with Gasteiger partial charge in [-0.05, 0) is 31.2 Å². The second-order valence-electron chi connectivity index (χ2n) is 6.01. The van der Waals surface area contributed by atoms with E-state index in [9.17, 15) is 4.79 Å². The first kappa shape index (κ1) is 18.4. The molecule has 0 saturated carbocycles. The normalized spacial score (nSPS) is 11.7. The molecule has 1 atom stereocenters. The first-order valence-corrected chi connectivity index (χ1v) is 8.50. The Balaban J connectivity index is 1.63. The Labute approximate surface area is 157 Å². The molecule has 0 aliphatic carbocycles. The number of benzene rings is 2. The van der Waals surface area contributed by atoms with Crippen LogP contribution in [0.15, 0.2) is 59.1 Å². The smallest absolute Gasteiger partial charge is 0.263 e. The Morgan fingerprint density at radius 2 is 1.89 bits per heavy atom. The minimum atomic E-state index is -0.627. The maximum absolute atomic E-state index is 12.5. The molecule has 0 aliphatic heterocycles. The fourth-order valence-corrected chi connectivity index (χ4v) is 2.54. The van der Waals surface area contributed by atoms with Crippen molar-refractivity contribution in [1.82, 2.24) is 15.0 Å². The van der Waals surface area contributed by atoms with Gasteiger partial charge in [-0.15, -0.1) is 0 Å². The number of hydrogen-bond donors (Lipinski definition) is 0. The average Bonchev–Trinajstić information content (AvgIpc) is 3.16. The predicted molar refractivity (Wildman–Crippen MR) is 99.3 cm³/mol. The minimum absolute atomic E-state index is 0.181. The third kappa shape index (κ3) is 4.63. The third-order valence-corrected chi connectivity index (χ3v) is 3.95. The third-order valence-electron chi connectivity index (χ3n) is 3.95. The highest BCUT2D eigenvalue weighted by molar-refractivity contribution is 5.80.